The molecule has 0 nitrogen and oxygen atoms in total. The second-order valence-corrected chi connectivity index (χ2v) is 3.01. The quantitative estimate of drug-likeness (QED) is 0.557. The fraction of sp³-hybridized carbons (Fsp3) is 0.538. The first-order chi connectivity index (χ1) is 6.60. The van der Waals surface area contributed by atoms with Crippen molar-refractivity contribution in [1.82, 2.24) is 0 Å². The lowest BCUT2D eigenvalue weighted by Gasteiger charge is -1.94. The molecule has 0 aliphatic carbocycles. The predicted molar refractivity (Wildman–Crippen MR) is 63.2 cm³/mol. The number of rotatable bonds is 0. The lowest BCUT2D eigenvalue weighted by Crippen LogP contribution is -1.79. The van der Waals surface area contributed by atoms with E-state index >= 15 is 0 Å². The van der Waals surface area contributed by atoms with Gasteiger partial charge in [-0.1, -0.05) is 40.2 Å². The van der Waals surface area contributed by atoms with E-state index in [0.717, 1.165) is 11.1 Å². The molecule has 0 unspecified atom stereocenters. The van der Waals surface area contributed by atoms with Gasteiger partial charge in [0.15, 0.2) is 0 Å². The second-order valence-electron chi connectivity index (χ2n) is 3.01. The molecule has 0 saturated carbocycles. The molecule has 0 bridgehead atoms. The Bertz CT molecular complexity index is 178. The van der Waals surface area contributed by atoms with Crippen molar-refractivity contribution in [2.24, 2.45) is 0 Å². The molecule has 82 valence electrons. The van der Waals surface area contributed by atoms with Crippen LogP contribution in [0.5, 0.6) is 0 Å². The smallest absolute Gasteiger partial charge is 0.123 e. The van der Waals surface area contributed by atoms with Gasteiger partial charge in [0.1, 0.15) is 5.82 Å². The summed E-state index contributed by atoms with van der Waals surface area (Å²) in [6.07, 6.45) is 1.25. The lowest BCUT2D eigenvalue weighted by molar-refractivity contribution is 0.625. The molecule has 0 saturated heterocycles. The van der Waals surface area contributed by atoms with Crippen LogP contribution in [-0.2, 0) is 0 Å². The summed E-state index contributed by atoms with van der Waals surface area (Å²) < 4.78 is 12.4. The van der Waals surface area contributed by atoms with Crippen molar-refractivity contribution < 1.29 is 4.39 Å². The maximum Gasteiger partial charge on any atom is 0.123 e. The van der Waals surface area contributed by atoms with E-state index in [9.17, 15) is 4.39 Å². The molecule has 1 aromatic rings. The summed E-state index contributed by atoms with van der Waals surface area (Å²) in [5, 5.41) is 0. The van der Waals surface area contributed by atoms with Crippen LogP contribution >= 0.6 is 0 Å². The van der Waals surface area contributed by atoms with Crippen LogP contribution in [-0.4, -0.2) is 0 Å². The van der Waals surface area contributed by atoms with Gasteiger partial charge in [0, 0.05) is 0 Å². The number of hydrogen-bond acceptors (Lipinski definition) is 0. The lowest BCUT2D eigenvalue weighted by atomic mass is 10.2. The molecule has 1 heteroatoms. The van der Waals surface area contributed by atoms with Gasteiger partial charge < -0.3 is 0 Å². The first-order valence-electron chi connectivity index (χ1n) is 5.34. The monoisotopic (exact) mass is 198 g/mol. The topological polar surface area (TPSA) is 0 Å². The minimum atomic E-state index is -0.146. The molecular formula is C13H23F. The molecule has 1 aromatic carbocycles. The SMILES string of the molecule is CC.CCC.Cc1cc(C)cc(F)c1. The molecule has 0 heterocycles. The standard InChI is InChI=1S/C8H9F.C3H8.C2H6/c1-6-3-7(2)5-8(9)4-6;1-3-2;1-2/h3-5H,1-2H3;3H2,1-2H3;1-2H3. The van der Waals surface area contributed by atoms with Crippen LogP contribution < -0.4 is 0 Å². The maximum absolute atomic E-state index is 12.4. The Morgan fingerprint density at radius 2 is 1.21 bits per heavy atom. The van der Waals surface area contributed by atoms with Gasteiger partial charge in [0.25, 0.3) is 0 Å². The predicted octanol–water partition coefficient (Wildman–Crippen LogP) is 4.89. The molecule has 0 atom stereocenters. The van der Waals surface area contributed by atoms with E-state index in [2.05, 4.69) is 13.8 Å². The summed E-state index contributed by atoms with van der Waals surface area (Å²) >= 11 is 0. The zero-order chi connectivity index (χ0) is 11.6. The summed E-state index contributed by atoms with van der Waals surface area (Å²) in [4.78, 5) is 0. The fourth-order valence-electron chi connectivity index (χ4n) is 0.919. The Balaban J connectivity index is 0. The highest BCUT2D eigenvalue weighted by molar-refractivity contribution is 5.21. The van der Waals surface area contributed by atoms with E-state index in [1.165, 1.54) is 18.6 Å². The highest BCUT2D eigenvalue weighted by Crippen LogP contribution is 2.05. The van der Waals surface area contributed by atoms with Crippen molar-refractivity contribution in [3.05, 3.63) is 35.1 Å². The summed E-state index contributed by atoms with van der Waals surface area (Å²) in [6.45, 7) is 12.0. The highest BCUT2D eigenvalue weighted by atomic mass is 19.1. The van der Waals surface area contributed by atoms with Crippen LogP contribution in [0.3, 0.4) is 0 Å². The molecule has 0 spiro atoms. The van der Waals surface area contributed by atoms with Crippen LogP contribution in [0.25, 0.3) is 0 Å². The first-order valence-corrected chi connectivity index (χ1v) is 5.34. The molecule has 1 rings (SSSR count). The average molecular weight is 198 g/mol. The molecule has 0 amide bonds. The second kappa shape index (κ2) is 10.2. The normalized spacial score (nSPS) is 7.93. The molecule has 14 heavy (non-hydrogen) atoms. The van der Waals surface area contributed by atoms with Crippen molar-refractivity contribution >= 4 is 0 Å². The van der Waals surface area contributed by atoms with E-state index in [1.54, 1.807) is 0 Å². The van der Waals surface area contributed by atoms with E-state index in [0.29, 0.717) is 0 Å². The fourth-order valence-corrected chi connectivity index (χ4v) is 0.919. The Kier molecular flexibility index (Phi) is 11.4. The molecule has 0 fully saturated rings. The summed E-state index contributed by atoms with van der Waals surface area (Å²) in [6, 6.07) is 4.99. The van der Waals surface area contributed by atoms with Crippen molar-refractivity contribution in [3.8, 4) is 0 Å². The van der Waals surface area contributed by atoms with Gasteiger partial charge in [-0.15, -0.1) is 0 Å². The van der Waals surface area contributed by atoms with Gasteiger partial charge in [-0.2, -0.15) is 0 Å². The zero-order valence-corrected chi connectivity index (χ0v) is 10.3. The van der Waals surface area contributed by atoms with Crippen LogP contribution in [0.1, 0.15) is 45.2 Å². The van der Waals surface area contributed by atoms with Gasteiger partial charge in [0.2, 0.25) is 0 Å². The Hall–Kier alpha value is -0.850. The van der Waals surface area contributed by atoms with Crippen LogP contribution in [0.2, 0.25) is 0 Å². The maximum atomic E-state index is 12.4. The van der Waals surface area contributed by atoms with Gasteiger partial charge in [-0.25, -0.2) is 4.39 Å². The first kappa shape index (κ1) is 15.6. The highest BCUT2D eigenvalue weighted by Gasteiger charge is 1.90. The van der Waals surface area contributed by atoms with Gasteiger partial charge in [-0.3, -0.25) is 0 Å². The van der Waals surface area contributed by atoms with Crippen LogP contribution in [0, 0.1) is 19.7 Å². The number of halogens is 1. The third-order valence-corrected chi connectivity index (χ3v) is 1.19. The third kappa shape index (κ3) is 9.24. The Morgan fingerprint density at radius 3 is 1.43 bits per heavy atom. The molecule has 0 N–H and O–H groups in total. The molecule has 0 radical (unpaired) electrons. The van der Waals surface area contributed by atoms with Crippen molar-refractivity contribution in [3.63, 3.8) is 0 Å². The van der Waals surface area contributed by atoms with Gasteiger partial charge >= 0.3 is 0 Å². The minimum Gasteiger partial charge on any atom is -0.207 e. The summed E-state index contributed by atoms with van der Waals surface area (Å²) in [5.74, 6) is -0.146. The third-order valence-electron chi connectivity index (χ3n) is 1.19. The molecule has 0 aromatic heterocycles. The summed E-state index contributed by atoms with van der Waals surface area (Å²) in [7, 11) is 0. The largest absolute Gasteiger partial charge is 0.207 e. The van der Waals surface area contributed by atoms with Crippen LogP contribution in [0.15, 0.2) is 18.2 Å². The van der Waals surface area contributed by atoms with Crippen molar-refractivity contribution in [2.45, 2.75) is 48.0 Å². The van der Waals surface area contributed by atoms with E-state index in [4.69, 9.17) is 0 Å². The molecule has 0 aliphatic heterocycles. The Morgan fingerprint density at radius 1 is 0.929 bits per heavy atom. The van der Waals surface area contributed by atoms with E-state index in [-0.39, 0.29) is 5.82 Å². The van der Waals surface area contributed by atoms with E-state index in [1.807, 2.05) is 33.8 Å². The Labute approximate surface area is 88.2 Å². The number of aryl methyl sites for hydroxylation is 2. The van der Waals surface area contributed by atoms with Gasteiger partial charge in [0.05, 0.1) is 0 Å². The van der Waals surface area contributed by atoms with Crippen LogP contribution in [0.4, 0.5) is 4.39 Å². The molecule has 0 aliphatic rings. The average Bonchev–Trinajstić information content (AvgIpc) is 2.06. The minimum absolute atomic E-state index is 0.146. The number of hydrogen-bond donors (Lipinski definition) is 0. The summed E-state index contributed by atoms with van der Waals surface area (Å²) in [5.41, 5.74) is 1.96. The zero-order valence-electron chi connectivity index (χ0n) is 10.3. The molecular weight excluding hydrogens is 175 g/mol. The van der Waals surface area contributed by atoms with E-state index < -0.39 is 0 Å². The van der Waals surface area contributed by atoms with Crippen molar-refractivity contribution in [1.29, 1.82) is 0 Å². The number of benzene rings is 1. The van der Waals surface area contributed by atoms with Gasteiger partial charge in [-0.05, 0) is 37.1 Å². The van der Waals surface area contributed by atoms with Crippen molar-refractivity contribution in [2.75, 3.05) is 0 Å².